The maximum absolute atomic E-state index is 9.08. The molecule has 0 heterocycles. The van der Waals surface area contributed by atoms with Crippen LogP contribution in [0.3, 0.4) is 0 Å². The van der Waals surface area contributed by atoms with Gasteiger partial charge in [-0.15, -0.1) is 0 Å². The van der Waals surface area contributed by atoms with Gasteiger partial charge in [-0.05, 0) is 17.5 Å². The molecule has 0 aromatic heterocycles. The van der Waals surface area contributed by atoms with Gasteiger partial charge in [-0.3, -0.25) is 0 Å². The minimum absolute atomic E-state index is 0.00672. The Hall–Kier alpha value is -0.900. The molecule has 0 aliphatic heterocycles. The normalized spacial score (nSPS) is 12.8. The molecule has 1 unspecified atom stereocenters. The third kappa shape index (κ3) is 2.80. The van der Waals surface area contributed by atoms with E-state index >= 15 is 0 Å². The van der Waals surface area contributed by atoms with Gasteiger partial charge in [-0.1, -0.05) is 24.3 Å². The summed E-state index contributed by atoms with van der Waals surface area (Å²) in [6.07, 6.45) is 0.564. The van der Waals surface area contributed by atoms with Gasteiger partial charge < -0.3 is 15.3 Å². The van der Waals surface area contributed by atoms with E-state index in [1.165, 1.54) is 0 Å². The van der Waals surface area contributed by atoms with Crippen molar-refractivity contribution in [3.05, 3.63) is 35.4 Å². The van der Waals surface area contributed by atoms with Crippen LogP contribution in [-0.2, 0) is 6.61 Å². The number of hydrogen-bond donors (Lipinski definition) is 3. The number of hydrogen-bond acceptors (Lipinski definition) is 3. The van der Waals surface area contributed by atoms with Gasteiger partial charge in [0.15, 0.2) is 0 Å². The highest BCUT2D eigenvalue weighted by Gasteiger charge is 2.08. The van der Waals surface area contributed by atoms with Crippen LogP contribution in [0.1, 0.15) is 23.5 Å². The third-order valence-electron chi connectivity index (χ3n) is 2.33. The summed E-state index contributed by atoms with van der Waals surface area (Å²) >= 11 is 0. The lowest BCUT2D eigenvalue weighted by Gasteiger charge is -2.13. The van der Waals surface area contributed by atoms with Crippen LogP contribution < -0.4 is 0 Å². The Morgan fingerprint density at radius 2 is 1.64 bits per heavy atom. The Kier molecular flexibility index (Phi) is 4.59. The molecule has 3 N–H and O–H groups in total. The van der Waals surface area contributed by atoms with E-state index in [0.29, 0.717) is 6.42 Å². The summed E-state index contributed by atoms with van der Waals surface area (Å²) in [5.74, 6) is -0.00672. The smallest absolute Gasteiger partial charge is 0.0681 e. The molecule has 1 rings (SSSR count). The standard InChI is InChI=1S/C11H16O3/c12-6-5-11(8-14)10-3-1-9(7-13)2-4-10/h1-4,11-14H,5-8H2. The molecule has 0 saturated carbocycles. The van der Waals surface area contributed by atoms with E-state index in [4.69, 9.17) is 15.3 Å². The molecule has 0 spiro atoms. The van der Waals surface area contributed by atoms with Crippen molar-refractivity contribution in [1.82, 2.24) is 0 Å². The van der Waals surface area contributed by atoms with E-state index in [9.17, 15) is 0 Å². The van der Waals surface area contributed by atoms with Crippen LogP contribution in [-0.4, -0.2) is 28.5 Å². The molecule has 0 amide bonds. The molecule has 78 valence electrons. The van der Waals surface area contributed by atoms with Crippen LogP contribution in [0.4, 0.5) is 0 Å². The van der Waals surface area contributed by atoms with E-state index < -0.39 is 0 Å². The van der Waals surface area contributed by atoms with Gasteiger partial charge >= 0.3 is 0 Å². The molecule has 3 nitrogen and oxygen atoms in total. The fourth-order valence-corrected chi connectivity index (χ4v) is 1.41. The van der Waals surface area contributed by atoms with Crippen LogP contribution in [0, 0.1) is 0 Å². The van der Waals surface area contributed by atoms with Gasteiger partial charge in [0.1, 0.15) is 0 Å². The maximum Gasteiger partial charge on any atom is 0.0681 e. The monoisotopic (exact) mass is 196 g/mol. The predicted octanol–water partition coefficient (Wildman–Crippen LogP) is 0.637. The summed E-state index contributed by atoms with van der Waals surface area (Å²) in [6.45, 7) is 0.149. The molecule has 1 aromatic carbocycles. The van der Waals surface area contributed by atoms with Crippen molar-refractivity contribution in [2.75, 3.05) is 13.2 Å². The Morgan fingerprint density at radius 1 is 1.00 bits per heavy atom. The van der Waals surface area contributed by atoms with Gasteiger partial charge in [-0.25, -0.2) is 0 Å². The minimum Gasteiger partial charge on any atom is -0.396 e. The van der Waals surface area contributed by atoms with Crippen molar-refractivity contribution in [3.63, 3.8) is 0 Å². The Morgan fingerprint density at radius 3 is 2.07 bits per heavy atom. The van der Waals surface area contributed by atoms with E-state index in [1.54, 1.807) is 0 Å². The van der Waals surface area contributed by atoms with Crippen LogP contribution in [0.15, 0.2) is 24.3 Å². The highest BCUT2D eigenvalue weighted by Crippen LogP contribution is 2.19. The first kappa shape index (κ1) is 11.2. The lowest BCUT2D eigenvalue weighted by atomic mass is 9.96. The van der Waals surface area contributed by atoms with Gasteiger partial charge in [0, 0.05) is 12.5 Å². The molecular weight excluding hydrogens is 180 g/mol. The van der Waals surface area contributed by atoms with E-state index in [1.807, 2.05) is 24.3 Å². The molecule has 3 heteroatoms. The molecule has 1 atom stereocenters. The Bertz CT molecular complexity index is 256. The first-order valence-electron chi connectivity index (χ1n) is 4.73. The summed E-state index contributed by atoms with van der Waals surface area (Å²) < 4.78 is 0. The van der Waals surface area contributed by atoms with Crippen molar-refractivity contribution in [1.29, 1.82) is 0 Å². The number of rotatable bonds is 5. The average molecular weight is 196 g/mol. The zero-order chi connectivity index (χ0) is 10.4. The molecule has 0 fully saturated rings. The van der Waals surface area contributed by atoms with Gasteiger partial charge in [0.25, 0.3) is 0 Å². The van der Waals surface area contributed by atoms with E-state index in [-0.39, 0.29) is 25.7 Å². The second kappa shape index (κ2) is 5.75. The summed E-state index contributed by atoms with van der Waals surface area (Å²) in [7, 11) is 0. The van der Waals surface area contributed by atoms with Crippen LogP contribution in [0.2, 0.25) is 0 Å². The highest BCUT2D eigenvalue weighted by atomic mass is 16.3. The summed E-state index contributed by atoms with van der Waals surface area (Å²) in [6, 6.07) is 7.41. The zero-order valence-electron chi connectivity index (χ0n) is 8.06. The zero-order valence-corrected chi connectivity index (χ0v) is 8.06. The SMILES string of the molecule is OCCC(CO)c1ccc(CO)cc1. The average Bonchev–Trinajstić information content (AvgIpc) is 2.26. The first-order valence-corrected chi connectivity index (χ1v) is 4.73. The number of aliphatic hydroxyl groups is 3. The van der Waals surface area contributed by atoms with Crippen LogP contribution in [0.25, 0.3) is 0 Å². The van der Waals surface area contributed by atoms with Crippen molar-refractivity contribution >= 4 is 0 Å². The van der Waals surface area contributed by atoms with Gasteiger partial charge in [-0.2, -0.15) is 0 Å². The number of benzene rings is 1. The summed E-state index contributed by atoms with van der Waals surface area (Å²) in [5.41, 5.74) is 1.85. The molecule has 0 aliphatic carbocycles. The molecule has 14 heavy (non-hydrogen) atoms. The summed E-state index contributed by atoms with van der Waals surface area (Å²) in [4.78, 5) is 0. The molecule has 0 aliphatic rings. The Balaban J connectivity index is 2.73. The summed E-state index contributed by atoms with van der Waals surface area (Å²) in [5, 5.41) is 26.7. The molecule has 0 saturated heterocycles. The van der Waals surface area contributed by atoms with Crippen LogP contribution in [0.5, 0.6) is 0 Å². The highest BCUT2D eigenvalue weighted by molar-refractivity contribution is 5.25. The molecule has 0 bridgehead atoms. The third-order valence-corrected chi connectivity index (χ3v) is 2.33. The fraction of sp³-hybridized carbons (Fsp3) is 0.455. The second-order valence-corrected chi connectivity index (χ2v) is 3.29. The first-order chi connectivity index (χ1) is 6.81. The van der Waals surface area contributed by atoms with Crippen LogP contribution >= 0.6 is 0 Å². The maximum atomic E-state index is 9.08. The minimum atomic E-state index is -0.00672. The molecule has 0 radical (unpaired) electrons. The molecular formula is C11H16O3. The van der Waals surface area contributed by atoms with Crippen molar-refractivity contribution < 1.29 is 15.3 Å². The topological polar surface area (TPSA) is 60.7 Å². The van der Waals surface area contributed by atoms with E-state index in [0.717, 1.165) is 11.1 Å². The second-order valence-electron chi connectivity index (χ2n) is 3.29. The fourth-order valence-electron chi connectivity index (χ4n) is 1.41. The van der Waals surface area contributed by atoms with Crippen molar-refractivity contribution in [2.24, 2.45) is 0 Å². The Labute approximate surface area is 83.6 Å². The van der Waals surface area contributed by atoms with Gasteiger partial charge in [0.2, 0.25) is 0 Å². The quantitative estimate of drug-likeness (QED) is 0.647. The van der Waals surface area contributed by atoms with Crippen molar-refractivity contribution in [2.45, 2.75) is 18.9 Å². The lowest BCUT2D eigenvalue weighted by Crippen LogP contribution is -2.06. The van der Waals surface area contributed by atoms with Gasteiger partial charge in [0.05, 0.1) is 13.2 Å². The number of aliphatic hydroxyl groups excluding tert-OH is 3. The van der Waals surface area contributed by atoms with E-state index in [2.05, 4.69) is 0 Å². The molecule has 1 aromatic rings. The largest absolute Gasteiger partial charge is 0.396 e. The lowest BCUT2D eigenvalue weighted by molar-refractivity contribution is 0.220. The van der Waals surface area contributed by atoms with Crippen molar-refractivity contribution in [3.8, 4) is 0 Å². The predicted molar refractivity (Wildman–Crippen MR) is 53.9 cm³/mol.